The van der Waals surface area contributed by atoms with Crippen LogP contribution in [0.3, 0.4) is 0 Å². The molecule has 0 aliphatic heterocycles. The van der Waals surface area contributed by atoms with E-state index in [1.807, 2.05) is 35.9 Å². The molecule has 1 heterocycles. The molecule has 1 aliphatic rings. The van der Waals surface area contributed by atoms with Gasteiger partial charge in [0.05, 0.1) is 0 Å². The Morgan fingerprint density at radius 2 is 2.04 bits per heavy atom. The van der Waals surface area contributed by atoms with E-state index >= 15 is 0 Å². The summed E-state index contributed by atoms with van der Waals surface area (Å²) in [5, 5.41) is 4.90. The molecule has 1 fully saturated rings. The quantitative estimate of drug-likeness (QED) is 0.892. The molecule has 130 valence electrons. The van der Waals surface area contributed by atoms with Crippen molar-refractivity contribution in [1.82, 2.24) is 14.8 Å². The highest BCUT2D eigenvalue weighted by Gasteiger charge is 2.37. The summed E-state index contributed by atoms with van der Waals surface area (Å²) < 4.78 is 1.92. The Hall–Kier alpha value is -1.52. The number of rotatable bonds is 5. The number of benzene rings is 1. The summed E-state index contributed by atoms with van der Waals surface area (Å²) in [6, 6.07) is 7.65. The molecule has 1 aromatic carbocycles. The van der Waals surface area contributed by atoms with Crippen LogP contribution >= 0.6 is 11.6 Å². The third kappa shape index (κ3) is 3.05. The topological polar surface area (TPSA) is 37.3 Å². The second kappa shape index (κ2) is 6.77. The first-order chi connectivity index (χ1) is 11.5. The van der Waals surface area contributed by atoms with Gasteiger partial charge in [-0.25, -0.2) is 0 Å². The summed E-state index contributed by atoms with van der Waals surface area (Å²) in [5.74, 6) is -0.0133. The minimum absolute atomic E-state index is 0.0133. The van der Waals surface area contributed by atoms with Gasteiger partial charge < -0.3 is 9.88 Å². The first kappa shape index (κ1) is 17.3. The van der Waals surface area contributed by atoms with Crippen molar-refractivity contribution >= 4 is 28.4 Å². The summed E-state index contributed by atoms with van der Waals surface area (Å²) in [4.78, 5) is 15.1. The maximum Gasteiger partial charge on any atom is 0.267 e. The van der Waals surface area contributed by atoms with Crippen molar-refractivity contribution < 1.29 is 4.79 Å². The van der Waals surface area contributed by atoms with E-state index in [-0.39, 0.29) is 11.4 Å². The van der Waals surface area contributed by atoms with Crippen LogP contribution in [0, 0.1) is 0 Å². The van der Waals surface area contributed by atoms with Crippen molar-refractivity contribution in [2.75, 3.05) is 20.1 Å². The van der Waals surface area contributed by atoms with Gasteiger partial charge in [0.1, 0.15) is 5.69 Å². The molecular formula is C19H26ClN3O. The highest BCUT2D eigenvalue weighted by Crippen LogP contribution is 2.34. The smallest absolute Gasteiger partial charge is 0.267 e. The predicted octanol–water partition coefficient (Wildman–Crippen LogP) is 3.83. The van der Waals surface area contributed by atoms with Crippen molar-refractivity contribution in [3.8, 4) is 0 Å². The molecular weight excluding hydrogens is 322 g/mol. The lowest BCUT2D eigenvalue weighted by molar-refractivity contribution is 0.0867. The molecule has 0 spiro atoms. The zero-order valence-corrected chi connectivity index (χ0v) is 15.5. The molecule has 4 nitrogen and oxygen atoms in total. The van der Waals surface area contributed by atoms with Crippen molar-refractivity contribution in [2.45, 2.75) is 38.1 Å². The lowest BCUT2D eigenvalue weighted by Gasteiger charge is -2.38. The zero-order chi connectivity index (χ0) is 17.3. The molecule has 1 saturated carbocycles. The van der Waals surface area contributed by atoms with Crippen LogP contribution in [-0.2, 0) is 7.05 Å². The summed E-state index contributed by atoms with van der Waals surface area (Å²) in [7, 11) is 4.08. The van der Waals surface area contributed by atoms with Gasteiger partial charge in [0, 0.05) is 35.1 Å². The fraction of sp³-hybridized carbons (Fsp3) is 0.526. The molecule has 0 saturated heterocycles. The minimum atomic E-state index is -0.0133. The van der Waals surface area contributed by atoms with E-state index in [2.05, 4.69) is 24.2 Å². The first-order valence-electron chi connectivity index (χ1n) is 8.71. The second-order valence-electron chi connectivity index (χ2n) is 6.92. The Morgan fingerprint density at radius 3 is 2.71 bits per heavy atom. The number of hydrogen-bond acceptors (Lipinski definition) is 2. The molecule has 1 aliphatic carbocycles. The monoisotopic (exact) mass is 347 g/mol. The molecule has 0 bridgehead atoms. The number of amides is 1. The number of aryl methyl sites for hydroxylation is 1. The molecule has 24 heavy (non-hydrogen) atoms. The average molecular weight is 348 g/mol. The van der Waals surface area contributed by atoms with E-state index in [0.29, 0.717) is 17.3 Å². The Labute approximate surface area is 148 Å². The van der Waals surface area contributed by atoms with Gasteiger partial charge in [0.2, 0.25) is 0 Å². The molecule has 1 aromatic heterocycles. The Balaban J connectivity index is 1.79. The van der Waals surface area contributed by atoms with E-state index in [9.17, 15) is 4.79 Å². The number of fused-ring (bicyclic) bond motifs is 1. The van der Waals surface area contributed by atoms with Crippen LogP contribution < -0.4 is 5.32 Å². The largest absolute Gasteiger partial charge is 0.349 e. The van der Waals surface area contributed by atoms with Crippen molar-refractivity contribution in [1.29, 1.82) is 0 Å². The molecule has 5 heteroatoms. The number of nitrogens with zero attached hydrogens (tertiary/aromatic N) is 2. The number of carbonyl (C=O) groups excluding carboxylic acids is 1. The molecule has 0 atom stereocenters. The molecule has 0 unspecified atom stereocenters. The molecule has 3 rings (SSSR count). The standard InChI is InChI=1S/C19H26ClN3O/c1-4-22(2)19(9-5-6-10-19)13-21-18(24)17-11-14-7-8-15(20)12-16(14)23(17)3/h7-8,11-12H,4-6,9-10,13H2,1-3H3,(H,21,24). The van der Waals surface area contributed by atoms with Gasteiger partial charge in [0.25, 0.3) is 5.91 Å². The minimum Gasteiger partial charge on any atom is -0.349 e. The zero-order valence-electron chi connectivity index (χ0n) is 14.7. The van der Waals surface area contributed by atoms with Crippen LogP contribution in [-0.4, -0.2) is 41.1 Å². The van der Waals surface area contributed by atoms with Crippen molar-refractivity contribution in [3.05, 3.63) is 35.0 Å². The number of nitrogens with one attached hydrogen (secondary N) is 1. The Bertz CT molecular complexity index is 746. The lowest BCUT2D eigenvalue weighted by Crippen LogP contribution is -2.52. The van der Waals surface area contributed by atoms with Gasteiger partial charge in [0.15, 0.2) is 0 Å². The lowest BCUT2D eigenvalue weighted by atomic mass is 9.95. The van der Waals surface area contributed by atoms with Crippen LogP contribution in [0.15, 0.2) is 24.3 Å². The normalized spacial score (nSPS) is 16.9. The SMILES string of the molecule is CCN(C)C1(CNC(=O)c2cc3ccc(Cl)cc3n2C)CCCC1. The third-order valence-electron chi connectivity index (χ3n) is 5.64. The van der Waals surface area contributed by atoms with E-state index in [4.69, 9.17) is 11.6 Å². The molecule has 2 aromatic rings. The van der Waals surface area contributed by atoms with Gasteiger partial charge in [-0.05, 0) is 44.6 Å². The predicted molar refractivity (Wildman–Crippen MR) is 99.8 cm³/mol. The van der Waals surface area contributed by atoms with Gasteiger partial charge in [-0.2, -0.15) is 0 Å². The van der Waals surface area contributed by atoms with Crippen LogP contribution in [0.1, 0.15) is 43.1 Å². The van der Waals surface area contributed by atoms with Gasteiger partial charge in [-0.15, -0.1) is 0 Å². The van der Waals surface area contributed by atoms with Crippen LogP contribution in [0.4, 0.5) is 0 Å². The fourth-order valence-electron chi connectivity index (χ4n) is 3.92. The van der Waals surface area contributed by atoms with Gasteiger partial charge in [-0.1, -0.05) is 37.4 Å². The number of likely N-dealkylation sites (N-methyl/N-ethyl adjacent to an activating group) is 1. The second-order valence-corrected chi connectivity index (χ2v) is 7.36. The number of halogens is 1. The summed E-state index contributed by atoms with van der Waals surface area (Å²) >= 11 is 6.08. The highest BCUT2D eigenvalue weighted by molar-refractivity contribution is 6.31. The maximum absolute atomic E-state index is 12.7. The molecule has 1 N–H and O–H groups in total. The Kier molecular flexibility index (Phi) is 4.88. The van der Waals surface area contributed by atoms with E-state index in [1.54, 1.807) is 0 Å². The van der Waals surface area contributed by atoms with Gasteiger partial charge in [-0.3, -0.25) is 9.69 Å². The number of carbonyl (C=O) groups is 1. The summed E-state index contributed by atoms with van der Waals surface area (Å²) in [5.41, 5.74) is 1.77. The Morgan fingerprint density at radius 1 is 1.33 bits per heavy atom. The van der Waals surface area contributed by atoms with Crippen molar-refractivity contribution in [2.24, 2.45) is 7.05 Å². The van der Waals surface area contributed by atoms with E-state index < -0.39 is 0 Å². The first-order valence-corrected chi connectivity index (χ1v) is 9.09. The van der Waals surface area contributed by atoms with Crippen LogP contribution in [0.2, 0.25) is 5.02 Å². The van der Waals surface area contributed by atoms with Crippen LogP contribution in [0.25, 0.3) is 10.9 Å². The third-order valence-corrected chi connectivity index (χ3v) is 5.87. The fourth-order valence-corrected chi connectivity index (χ4v) is 4.08. The van der Waals surface area contributed by atoms with E-state index in [1.165, 1.54) is 12.8 Å². The molecule has 0 radical (unpaired) electrons. The highest BCUT2D eigenvalue weighted by atomic mass is 35.5. The molecule has 1 amide bonds. The van der Waals surface area contributed by atoms with Gasteiger partial charge >= 0.3 is 0 Å². The number of hydrogen-bond donors (Lipinski definition) is 1. The number of aromatic nitrogens is 1. The van der Waals surface area contributed by atoms with Crippen molar-refractivity contribution in [3.63, 3.8) is 0 Å². The summed E-state index contributed by atoms with van der Waals surface area (Å²) in [6.45, 7) is 3.89. The summed E-state index contributed by atoms with van der Waals surface area (Å²) in [6.07, 6.45) is 4.80. The average Bonchev–Trinajstić information content (AvgIpc) is 3.18. The van der Waals surface area contributed by atoms with Crippen LogP contribution in [0.5, 0.6) is 0 Å². The maximum atomic E-state index is 12.7. The van der Waals surface area contributed by atoms with E-state index in [0.717, 1.165) is 30.3 Å².